The molecule has 2 atom stereocenters. The van der Waals surface area contributed by atoms with E-state index in [1.807, 2.05) is 6.07 Å². The van der Waals surface area contributed by atoms with Gasteiger partial charge in [0.05, 0.1) is 11.3 Å². The predicted molar refractivity (Wildman–Crippen MR) is 61.1 cm³/mol. The van der Waals surface area contributed by atoms with Gasteiger partial charge >= 0.3 is 0 Å². The normalized spacial score (nSPS) is 16.9. The third kappa shape index (κ3) is 2.79. The summed E-state index contributed by atoms with van der Waals surface area (Å²) in [5.41, 5.74) is -1.23. The molecule has 0 aliphatic heterocycles. The average molecular weight is 255 g/mol. The molecule has 0 aliphatic rings. The molecular formula is C10H13N3O3S. The Labute approximate surface area is 99.8 Å². The maximum Gasteiger partial charge on any atom is 0.214 e. The number of pyridine rings is 1. The molecule has 3 N–H and O–H groups in total. The summed E-state index contributed by atoms with van der Waals surface area (Å²) in [5.74, 6) is 0. The van der Waals surface area contributed by atoms with Crippen molar-refractivity contribution in [3.05, 3.63) is 29.6 Å². The van der Waals surface area contributed by atoms with Gasteiger partial charge in [-0.05, 0) is 26.0 Å². The zero-order valence-electron chi connectivity index (χ0n) is 9.45. The number of aliphatic hydroxyl groups is 1. The van der Waals surface area contributed by atoms with Crippen molar-refractivity contribution in [3.63, 3.8) is 0 Å². The number of hydrogen-bond acceptors (Lipinski definition) is 5. The van der Waals surface area contributed by atoms with Gasteiger partial charge in [0.1, 0.15) is 16.9 Å². The van der Waals surface area contributed by atoms with E-state index in [1.54, 1.807) is 0 Å². The smallest absolute Gasteiger partial charge is 0.214 e. The number of aromatic nitrogens is 1. The predicted octanol–water partition coefficient (Wildman–Crippen LogP) is -0.162. The van der Waals surface area contributed by atoms with Gasteiger partial charge in [-0.3, -0.25) is 4.98 Å². The molecule has 0 radical (unpaired) electrons. The van der Waals surface area contributed by atoms with Crippen molar-refractivity contribution in [2.75, 3.05) is 0 Å². The number of nitrogens with two attached hydrogens (primary N) is 1. The number of primary sulfonamides is 1. The molecular weight excluding hydrogens is 242 g/mol. The van der Waals surface area contributed by atoms with E-state index in [0.29, 0.717) is 5.56 Å². The lowest BCUT2D eigenvalue weighted by Crippen LogP contribution is -2.43. The van der Waals surface area contributed by atoms with Gasteiger partial charge in [-0.1, -0.05) is 0 Å². The molecule has 0 bridgehead atoms. The molecule has 0 saturated carbocycles. The lowest BCUT2D eigenvalue weighted by molar-refractivity contribution is 0.0519. The van der Waals surface area contributed by atoms with Crippen LogP contribution in [0.2, 0.25) is 0 Å². The van der Waals surface area contributed by atoms with Crippen molar-refractivity contribution in [1.29, 1.82) is 5.26 Å². The fraction of sp³-hybridized carbons (Fsp3) is 0.400. The van der Waals surface area contributed by atoms with Crippen LogP contribution >= 0.6 is 0 Å². The van der Waals surface area contributed by atoms with Crippen LogP contribution in [-0.2, 0) is 15.6 Å². The van der Waals surface area contributed by atoms with Crippen LogP contribution in [-0.4, -0.2) is 23.8 Å². The Morgan fingerprint density at radius 1 is 1.59 bits per heavy atom. The van der Waals surface area contributed by atoms with Crippen LogP contribution in [0.1, 0.15) is 25.1 Å². The highest BCUT2D eigenvalue weighted by atomic mass is 32.2. The molecule has 0 aromatic carbocycles. The Bertz CT molecular complexity index is 543. The summed E-state index contributed by atoms with van der Waals surface area (Å²) >= 11 is 0. The summed E-state index contributed by atoms with van der Waals surface area (Å²) in [4.78, 5) is 3.86. The van der Waals surface area contributed by atoms with Gasteiger partial charge in [-0.15, -0.1) is 0 Å². The first kappa shape index (κ1) is 13.6. The fourth-order valence-corrected chi connectivity index (χ4v) is 2.05. The summed E-state index contributed by atoms with van der Waals surface area (Å²) < 4.78 is 22.4. The lowest BCUT2D eigenvalue weighted by Gasteiger charge is -2.27. The van der Waals surface area contributed by atoms with Gasteiger partial charge in [0, 0.05) is 6.20 Å². The summed E-state index contributed by atoms with van der Waals surface area (Å²) in [7, 11) is -3.88. The van der Waals surface area contributed by atoms with Crippen LogP contribution in [0.25, 0.3) is 0 Å². The zero-order chi connectivity index (χ0) is 13.3. The minimum Gasteiger partial charge on any atom is -0.382 e. The van der Waals surface area contributed by atoms with Crippen LogP contribution in [0.15, 0.2) is 18.3 Å². The highest BCUT2D eigenvalue weighted by Gasteiger charge is 2.38. The zero-order valence-corrected chi connectivity index (χ0v) is 10.3. The largest absolute Gasteiger partial charge is 0.382 e. The third-order valence-electron chi connectivity index (χ3n) is 2.70. The molecule has 0 aliphatic carbocycles. The second kappa shape index (κ2) is 4.41. The summed E-state index contributed by atoms with van der Waals surface area (Å²) in [6.45, 7) is 2.62. The monoisotopic (exact) mass is 255 g/mol. The van der Waals surface area contributed by atoms with Crippen molar-refractivity contribution in [1.82, 2.24) is 4.98 Å². The second-order valence-corrected chi connectivity index (χ2v) is 5.81. The molecule has 17 heavy (non-hydrogen) atoms. The van der Waals surface area contributed by atoms with Gasteiger partial charge in [0.2, 0.25) is 10.0 Å². The molecule has 0 spiro atoms. The van der Waals surface area contributed by atoms with E-state index in [9.17, 15) is 13.5 Å². The van der Waals surface area contributed by atoms with Crippen LogP contribution < -0.4 is 5.14 Å². The number of hydrogen-bond donors (Lipinski definition) is 2. The standard InChI is InChI=1S/C10H13N3O3S/c1-7(17(12,15)16)10(2,14)9-4-3-8(5-11)6-13-9/h3-4,6-7,14H,1-2H3,(H2,12,15,16)/t7-,10+/m1/s1. The third-order valence-corrected chi connectivity index (χ3v) is 4.14. The maximum absolute atomic E-state index is 11.2. The van der Waals surface area contributed by atoms with E-state index < -0.39 is 20.9 Å². The van der Waals surface area contributed by atoms with Crippen LogP contribution in [0.4, 0.5) is 0 Å². The van der Waals surface area contributed by atoms with E-state index in [1.165, 1.54) is 32.2 Å². The Hall–Kier alpha value is -1.49. The van der Waals surface area contributed by atoms with Crippen molar-refractivity contribution in [2.24, 2.45) is 5.14 Å². The van der Waals surface area contributed by atoms with Crippen LogP contribution in [0.5, 0.6) is 0 Å². The van der Waals surface area contributed by atoms with E-state index in [0.717, 1.165) is 0 Å². The Morgan fingerprint density at radius 3 is 2.53 bits per heavy atom. The number of nitriles is 1. The van der Waals surface area contributed by atoms with E-state index >= 15 is 0 Å². The van der Waals surface area contributed by atoms with Crippen LogP contribution in [0.3, 0.4) is 0 Å². The minimum atomic E-state index is -3.88. The first-order valence-electron chi connectivity index (χ1n) is 4.80. The number of nitrogens with zero attached hydrogens (tertiary/aromatic N) is 2. The van der Waals surface area contributed by atoms with Gasteiger partial charge in [0.25, 0.3) is 0 Å². The molecule has 1 aromatic rings. The average Bonchev–Trinajstić information content (AvgIpc) is 2.27. The highest BCUT2D eigenvalue weighted by Crippen LogP contribution is 2.26. The number of sulfonamides is 1. The van der Waals surface area contributed by atoms with E-state index in [2.05, 4.69) is 4.98 Å². The Kier molecular flexibility index (Phi) is 3.52. The quantitative estimate of drug-likeness (QED) is 0.778. The van der Waals surface area contributed by atoms with Gasteiger partial charge < -0.3 is 5.11 Å². The molecule has 1 heterocycles. The van der Waals surface area contributed by atoms with Crippen molar-refractivity contribution in [2.45, 2.75) is 24.7 Å². The van der Waals surface area contributed by atoms with Gasteiger partial charge in [-0.25, -0.2) is 13.6 Å². The topological polar surface area (TPSA) is 117 Å². The first-order chi connectivity index (χ1) is 7.69. The van der Waals surface area contributed by atoms with Crippen molar-refractivity contribution >= 4 is 10.0 Å². The Morgan fingerprint density at radius 2 is 2.18 bits per heavy atom. The van der Waals surface area contributed by atoms with E-state index in [-0.39, 0.29) is 5.69 Å². The Balaban J connectivity index is 3.18. The molecule has 0 amide bonds. The van der Waals surface area contributed by atoms with Crippen molar-refractivity contribution in [3.8, 4) is 6.07 Å². The van der Waals surface area contributed by atoms with Crippen molar-refractivity contribution < 1.29 is 13.5 Å². The fourth-order valence-electron chi connectivity index (χ4n) is 1.29. The van der Waals surface area contributed by atoms with Gasteiger partial charge in [-0.2, -0.15) is 5.26 Å². The number of rotatable bonds is 3. The SMILES string of the molecule is C[C@H]([C@](C)(O)c1ccc(C#N)cn1)S(N)(=O)=O. The molecule has 1 aromatic heterocycles. The summed E-state index contributed by atoms with van der Waals surface area (Å²) in [6.07, 6.45) is 1.26. The highest BCUT2D eigenvalue weighted by molar-refractivity contribution is 7.89. The summed E-state index contributed by atoms with van der Waals surface area (Å²) in [5, 5.41) is 22.5. The molecule has 0 saturated heterocycles. The molecule has 92 valence electrons. The molecule has 0 fully saturated rings. The second-order valence-electron chi connectivity index (χ2n) is 3.92. The molecule has 0 unspecified atom stereocenters. The van der Waals surface area contributed by atoms with E-state index in [4.69, 9.17) is 10.4 Å². The first-order valence-corrected chi connectivity index (χ1v) is 6.41. The van der Waals surface area contributed by atoms with Crippen LogP contribution in [0, 0.1) is 11.3 Å². The maximum atomic E-state index is 11.2. The van der Waals surface area contributed by atoms with Gasteiger partial charge in [0.15, 0.2) is 0 Å². The molecule has 1 rings (SSSR count). The molecule has 7 heteroatoms. The lowest BCUT2D eigenvalue weighted by atomic mass is 9.97. The molecule has 6 nitrogen and oxygen atoms in total. The summed E-state index contributed by atoms with van der Waals surface area (Å²) in [6, 6.07) is 4.73. The minimum absolute atomic E-state index is 0.151.